The monoisotopic (exact) mass is 434 g/mol. The summed E-state index contributed by atoms with van der Waals surface area (Å²) in [5, 5.41) is 26.2. The van der Waals surface area contributed by atoms with E-state index >= 15 is 0 Å². The molecule has 1 atom stereocenters. The van der Waals surface area contributed by atoms with Crippen molar-refractivity contribution in [3.05, 3.63) is 74.3 Å². The molecule has 166 valence electrons. The van der Waals surface area contributed by atoms with E-state index in [1.807, 2.05) is 0 Å². The molecule has 1 unspecified atom stereocenters. The van der Waals surface area contributed by atoms with Gasteiger partial charge in [0.15, 0.2) is 0 Å². The standard InChI is InChI=1S/C19H23FN6O5/c1-13-9-25(17(3-5-27)31-7-6-28)19(30)26(18(13)29)12-16-11-24(23-22-16)10-15-8-14(20)2-4-21-15/h2,4,8-9,11,17,27-28H,3,5-7,10,12H2,1H3. The lowest BCUT2D eigenvalue weighted by molar-refractivity contribution is -0.0315. The van der Waals surface area contributed by atoms with E-state index in [1.165, 1.54) is 33.8 Å². The molecule has 0 fully saturated rings. The SMILES string of the molecule is Cc1cn(C(CCO)OCCO)c(=O)n(Cc2cn(Cc3cc(F)ccn3)nn2)c1=O. The minimum absolute atomic E-state index is 0.0300. The van der Waals surface area contributed by atoms with E-state index in [-0.39, 0.29) is 39.3 Å². The minimum Gasteiger partial charge on any atom is -0.396 e. The van der Waals surface area contributed by atoms with Crippen molar-refractivity contribution in [2.24, 2.45) is 0 Å². The zero-order chi connectivity index (χ0) is 22.4. The van der Waals surface area contributed by atoms with Crippen LogP contribution in [0.1, 0.15) is 29.6 Å². The molecule has 3 heterocycles. The lowest BCUT2D eigenvalue weighted by atomic mass is 10.3. The Hall–Kier alpha value is -3.22. The summed E-state index contributed by atoms with van der Waals surface area (Å²) in [6, 6.07) is 2.51. The van der Waals surface area contributed by atoms with Crippen molar-refractivity contribution < 1.29 is 19.3 Å². The highest BCUT2D eigenvalue weighted by atomic mass is 19.1. The van der Waals surface area contributed by atoms with Gasteiger partial charge in [-0.2, -0.15) is 0 Å². The van der Waals surface area contributed by atoms with Crippen LogP contribution in [0.3, 0.4) is 0 Å². The Morgan fingerprint density at radius 3 is 2.68 bits per heavy atom. The number of aliphatic hydroxyl groups excluding tert-OH is 2. The van der Waals surface area contributed by atoms with Gasteiger partial charge in [0.1, 0.15) is 17.7 Å². The number of aromatic nitrogens is 6. The first-order chi connectivity index (χ1) is 14.9. The Balaban J connectivity index is 1.87. The third-order valence-corrected chi connectivity index (χ3v) is 4.46. The number of pyridine rings is 1. The molecule has 0 saturated heterocycles. The van der Waals surface area contributed by atoms with Gasteiger partial charge in [-0.15, -0.1) is 5.10 Å². The van der Waals surface area contributed by atoms with Crippen LogP contribution in [-0.2, 0) is 17.8 Å². The summed E-state index contributed by atoms with van der Waals surface area (Å²) in [6.07, 6.45) is 3.52. The third kappa shape index (κ3) is 5.48. The van der Waals surface area contributed by atoms with Gasteiger partial charge in [-0.25, -0.2) is 13.9 Å². The number of nitrogens with zero attached hydrogens (tertiary/aromatic N) is 6. The van der Waals surface area contributed by atoms with Crippen LogP contribution in [0.25, 0.3) is 0 Å². The van der Waals surface area contributed by atoms with Crippen LogP contribution in [-0.4, -0.2) is 59.1 Å². The Labute approximate surface area is 176 Å². The largest absolute Gasteiger partial charge is 0.396 e. The fourth-order valence-corrected chi connectivity index (χ4v) is 3.06. The molecule has 0 radical (unpaired) electrons. The topological polar surface area (TPSA) is 137 Å². The fraction of sp³-hybridized carbons (Fsp3) is 0.421. The molecule has 0 amide bonds. The van der Waals surface area contributed by atoms with E-state index in [0.29, 0.717) is 17.0 Å². The summed E-state index contributed by atoms with van der Waals surface area (Å²) in [7, 11) is 0. The fourth-order valence-electron chi connectivity index (χ4n) is 3.06. The predicted molar refractivity (Wildman–Crippen MR) is 106 cm³/mol. The van der Waals surface area contributed by atoms with Gasteiger partial charge in [-0.05, 0) is 19.1 Å². The molecule has 0 bridgehead atoms. The zero-order valence-electron chi connectivity index (χ0n) is 16.9. The molecular formula is C19H23FN6O5. The average Bonchev–Trinajstić information content (AvgIpc) is 3.18. The highest BCUT2D eigenvalue weighted by Gasteiger charge is 2.18. The molecule has 2 N–H and O–H groups in total. The second-order valence-corrected chi connectivity index (χ2v) is 6.83. The van der Waals surface area contributed by atoms with E-state index in [1.54, 1.807) is 13.1 Å². The summed E-state index contributed by atoms with van der Waals surface area (Å²) in [5.41, 5.74) is -0.0468. The number of ether oxygens (including phenoxy) is 1. The number of rotatable bonds is 10. The van der Waals surface area contributed by atoms with E-state index in [0.717, 1.165) is 4.57 Å². The highest BCUT2D eigenvalue weighted by molar-refractivity contribution is 5.08. The minimum atomic E-state index is -0.843. The van der Waals surface area contributed by atoms with Gasteiger partial charge in [0.05, 0.1) is 38.2 Å². The van der Waals surface area contributed by atoms with Crippen LogP contribution in [0.2, 0.25) is 0 Å². The van der Waals surface area contributed by atoms with Gasteiger partial charge in [-0.3, -0.25) is 18.9 Å². The van der Waals surface area contributed by atoms with Crippen molar-refractivity contribution in [3.63, 3.8) is 0 Å². The van der Waals surface area contributed by atoms with Crippen LogP contribution in [0, 0.1) is 12.7 Å². The summed E-state index contributed by atoms with van der Waals surface area (Å²) in [6.45, 7) is 1.07. The van der Waals surface area contributed by atoms with Crippen molar-refractivity contribution in [2.45, 2.75) is 32.7 Å². The molecular weight excluding hydrogens is 411 g/mol. The van der Waals surface area contributed by atoms with Gasteiger partial charge in [-0.1, -0.05) is 5.21 Å². The number of aryl methyl sites for hydroxylation is 1. The van der Waals surface area contributed by atoms with Crippen LogP contribution in [0.4, 0.5) is 4.39 Å². The molecule has 0 aliphatic carbocycles. The summed E-state index contributed by atoms with van der Waals surface area (Å²) in [5.74, 6) is -0.418. The lowest BCUT2D eigenvalue weighted by Gasteiger charge is -2.20. The Morgan fingerprint density at radius 1 is 1.16 bits per heavy atom. The summed E-state index contributed by atoms with van der Waals surface area (Å²) < 4.78 is 22.4. The first-order valence-electron chi connectivity index (χ1n) is 9.58. The zero-order valence-corrected chi connectivity index (χ0v) is 16.9. The van der Waals surface area contributed by atoms with Crippen molar-refractivity contribution in [1.29, 1.82) is 0 Å². The Kier molecular flexibility index (Phi) is 7.39. The van der Waals surface area contributed by atoms with Gasteiger partial charge in [0.2, 0.25) is 0 Å². The molecule has 11 nitrogen and oxygen atoms in total. The number of hydrogen-bond donors (Lipinski definition) is 2. The summed E-state index contributed by atoms with van der Waals surface area (Å²) in [4.78, 5) is 29.6. The van der Waals surface area contributed by atoms with E-state index in [9.17, 15) is 19.1 Å². The number of halogens is 1. The second-order valence-electron chi connectivity index (χ2n) is 6.83. The first-order valence-corrected chi connectivity index (χ1v) is 9.58. The molecule has 3 aromatic rings. The molecule has 12 heteroatoms. The molecule has 0 aliphatic heterocycles. The quantitative estimate of drug-likeness (QED) is 0.433. The van der Waals surface area contributed by atoms with Gasteiger partial charge in [0, 0.05) is 31.0 Å². The number of aliphatic hydroxyl groups is 2. The Bertz CT molecular complexity index is 1140. The van der Waals surface area contributed by atoms with Crippen molar-refractivity contribution in [3.8, 4) is 0 Å². The predicted octanol–water partition coefficient (Wildman–Crippen LogP) is -0.569. The smallest absolute Gasteiger partial charge is 0.333 e. The van der Waals surface area contributed by atoms with Crippen LogP contribution in [0.15, 0.2) is 40.3 Å². The maximum Gasteiger partial charge on any atom is 0.333 e. The lowest BCUT2D eigenvalue weighted by Crippen LogP contribution is -2.43. The first kappa shape index (κ1) is 22.5. The van der Waals surface area contributed by atoms with Crippen molar-refractivity contribution in [1.82, 2.24) is 29.1 Å². The van der Waals surface area contributed by atoms with Gasteiger partial charge in [0.25, 0.3) is 5.56 Å². The molecule has 3 rings (SSSR count). The molecule has 0 aromatic carbocycles. The van der Waals surface area contributed by atoms with Crippen molar-refractivity contribution in [2.75, 3.05) is 19.8 Å². The van der Waals surface area contributed by atoms with Crippen LogP contribution < -0.4 is 11.2 Å². The summed E-state index contributed by atoms with van der Waals surface area (Å²) >= 11 is 0. The normalized spacial score (nSPS) is 12.3. The van der Waals surface area contributed by atoms with Crippen LogP contribution in [0.5, 0.6) is 0 Å². The second kappa shape index (κ2) is 10.2. The van der Waals surface area contributed by atoms with Gasteiger partial charge >= 0.3 is 5.69 Å². The average molecular weight is 434 g/mol. The molecule has 0 spiro atoms. The van der Waals surface area contributed by atoms with Crippen LogP contribution >= 0.6 is 0 Å². The maximum atomic E-state index is 13.3. The third-order valence-electron chi connectivity index (χ3n) is 4.46. The molecule has 0 aliphatic rings. The Morgan fingerprint density at radius 2 is 1.97 bits per heavy atom. The molecule has 0 saturated carbocycles. The number of hydrogen-bond acceptors (Lipinski definition) is 8. The highest BCUT2D eigenvalue weighted by Crippen LogP contribution is 2.11. The van der Waals surface area contributed by atoms with E-state index in [4.69, 9.17) is 9.84 Å². The van der Waals surface area contributed by atoms with E-state index in [2.05, 4.69) is 15.3 Å². The van der Waals surface area contributed by atoms with E-state index < -0.39 is 23.3 Å². The van der Waals surface area contributed by atoms with Gasteiger partial charge < -0.3 is 14.9 Å². The van der Waals surface area contributed by atoms with Crippen molar-refractivity contribution >= 4 is 0 Å². The maximum absolute atomic E-state index is 13.3. The molecule has 31 heavy (non-hydrogen) atoms. The molecule has 3 aromatic heterocycles.